The average molecular weight is 418 g/mol. The summed E-state index contributed by atoms with van der Waals surface area (Å²) >= 11 is 6.01. The lowest BCUT2D eigenvalue weighted by atomic mass is 10.2. The topological polar surface area (TPSA) is 122 Å². The Balaban J connectivity index is 2.07. The molecule has 0 radical (unpaired) electrons. The summed E-state index contributed by atoms with van der Waals surface area (Å²) in [4.78, 5) is 34.7. The SMILES string of the molecule is CCNC(=O)NC(=O)COC(=O)c1ccc(Cl)c(S(=O)(=O)N2CCCC2)c1. The number of nitrogens with one attached hydrogen (secondary N) is 2. The number of rotatable bonds is 6. The molecule has 0 atom stereocenters. The van der Waals surface area contributed by atoms with Gasteiger partial charge >= 0.3 is 12.0 Å². The summed E-state index contributed by atoms with van der Waals surface area (Å²) in [6.45, 7) is 2.11. The van der Waals surface area contributed by atoms with Crippen LogP contribution in [0.25, 0.3) is 0 Å². The van der Waals surface area contributed by atoms with Crippen LogP contribution in [-0.4, -0.2) is 56.9 Å². The first-order valence-electron chi connectivity index (χ1n) is 8.30. The Morgan fingerprint density at radius 2 is 1.89 bits per heavy atom. The van der Waals surface area contributed by atoms with Gasteiger partial charge in [0.05, 0.1) is 10.6 Å². The number of hydrogen-bond donors (Lipinski definition) is 2. The number of sulfonamides is 1. The van der Waals surface area contributed by atoms with E-state index in [0.717, 1.165) is 18.9 Å². The number of ether oxygens (including phenoxy) is 1. The van der Waals surface area contributed by atoms with Crippen molar-refractivity contribution < 1.29 is 27.5 Å². The van der Waals surface area contributed by atoms with Gasteiger partial charge < -0.3 is 10.1 Å². The predicted molar refractivity (Wildman–Crippen MR) is 96.9 cm³/mol. The smallest absolute Gasteiger partial charge is 0.338 e. The number of nitrogens with zero attached hydrogens (tertiary/aromatic N) is 1. The van der Waals surface area contributed by atoms with Gasteiger partial charge in [-0.25, -0.2) is 18.0 Å². The zero-order valence-electron chi connectivity index (χ0n) is 14.7. The molecule has 0 aliphatic carbocycles. The van der Waals surface area contributed by atoms with E-state index >= 15 is 0 Å². The molecule has 1 heterocycles. The molecule has 1 aromatic carbocycles. The predicted octanol–water partition coefficient (Wildman–Crippen LogP) is 1.13. The number of benzene rings is 1. The van der Waals surface area contributed by atoms with E-state index in [1.807, 2.05) is 5.32 Å². The van der Waals surface area contributed by atoms with Crippen molar-refractivity contribution in [1.29, 1.82) is 0 Å². The summed E-state index contributed by atoms with van der Waals surface area (Å²) in [5, 5.41) is 4.33. The summed E-state index contributed by atoms with van der Waals surface area (Å²) in [6, 6.07) is 3.01. The van der Waals surface area contributed by atoms with Crippen LogP contribution in [-0.2, 0) is 19.6 Å². The molecular weight excluding hydrogens is 398 g/mol. The van der Waals surface area contributed by atoms with Crippen LogP contribution in [0.15, 0.2) is 23.1 Å². The average Bonchev–Trinajstić information content (AvgIpc) is 3.15. The van der Waals surface area contributed by atoms with Gasteiger partial charge in [-0.05, 0) is 38.0 Å². The van der Waals surface area contributed by atoms with Crippen LogP contribution in [0, 0.1) is 0 Å². The number of esters is 1. The molecule has 0 aromatic heterocycles. The van der Waals surface area contributed by atoms with Crippen molar-refractivity contribution in [2.45, 2.75) is 24.7 Å². The second-order valence-corrected chi connectivity index (χ2v) is 8.05. The fourth-order valence-electron chi connectivity index (χ4n) is 2.48. The molecular formula is C16H20ClN3O6S. The van der Waals surface area contributed by atoms with Gasteiger partial charge in [0.25, 0.3) is 5.91 Å². The lowest BCUT2D eigenvalue weighted by Crippen LogP contribution is -2.41. The van der Waals surface area contributed by atoms with E-state index in [1.165, 1.54) is 16.4 Å². The first kappa shape index (κ1) is 21.1. The van der Waals surface area contributed by atoms with E-state index in [-0.39, 0.29) is 15.5 Å². The molecule has 3 amide bonds. The summed E-state index contributed by atoms with van der Waals surface area (Å²) in [7, 11) is -3.82. The highest BCUT2D eigenvalue weighted by molar-refractivity contribution is 7.89. The third-order valence-electron chi connectivity index (χ3n) is 3.77. The normalized spacial score (nSPS) is 14.6. The zero-order valence-corrected chi connectivity index (χ0v) is 16.2. The molecule has 1 aromatic rings. The molecule has 27 heavy (non-hydrogen) atoms. The van der Waals surface area contributed by atoms with E-state index in [9.17, 15) is 22.8 Å². The molecule has 1 saturated heterocycles. The van der Waals surface area contributed by atoms with Crippen molar-refractivity contribution in [1.82, 2.24) is 14.9 Å². The summed E-state index contributed by atoms with van der Waals surface area (Å²) in [5.41, 5.74) is -0.0667. The van der Waals surface area contributed by atoms with E-state index < -0.39 is 34.5 Å². The maximum Gasteiger partial charge on any atom is 0.338 e. The molecule has 2 N–H and O–H groups in total. The van der Waals surface area contributed by atoms with Gasteiger partial charge in [-0.1, -0.05) is 11.6 Å². The molecule has 0 unspecified atom stereocenters. The van der Waals surface area contributed by atoms with Crippen molar-refractivity contribution in [2.75, 3.05) is 26.2 Å². The Labute approximate surface area is 162 Å². The van der Waals surface area contributed by atoms with Crippen LogP contribution in [0.4, 0.5) is 4.79 Å². The van der Waals surface area contributed by atoms with E-state index in [1.54, 1.807) is 6.92 Å². The van der Waals surface area contributed by atoms with Crippen LogP contribution in [0.3, 0.4) is 0 Å². The zero-order chi connectivity index (χ0) is 20.0. The minimum absolute atomic E-state index is 0.00701. The fourth-order valence-corrected chi connectivity index (χ4v) is 4.49. The highest BCUT2D eigenvalue weighted by atomic mass is 35.5. The molecule has 148 valence electrons. The summed E-state index contributed by atoms with van der Waals surface area (Å²) < 4.78 is 31.4. The number of urea groups is 1. The standard InChI is InChI=1S/C16H20ClN3O6S/c1-2-18-16(23)19-14(21)10-26-15(22)11-5-6-12(17)13(9-11)27(24,25)20-7-3-4-8-20/h5-6,9H,2-4,7-8,10H2,1H3,(H2,18,19,21,23). The third kappa shape index (κ3) is 5.41. The number of halogens is 1. The number of carbonyl (C=O) groups excluding carboxylic acids is 3. The van der Waals surface area contributed by atoms with Crippen LogP contribution >= 0.6 is 11.6 Å². The number of carbonyl (C=O) groups is 3. The van der Waals surface area contributed by atoms with Crippen LogP contribution < -0.4 is 10.6 Å². The first-order valence-corrected chi connectivity index (χ1v) is 10.1. The van der Waals surface area contributed by atoms with Crippen LogP contribution in [0.2, 0.25) is 5.02 Å². The Kier molecular flexibility index (Phi) is 7.17. The summed E-state index contributed by atoms with van der Waals surface area (Å²) in [6.07, 6.45) is 1.53. The number of hydrogen-bond acceptors (Lipinski definition) is 6. The van der Waals surface area contributed by atoms with E-state index in [0.29, 0.717) is 19.6 Å². The number of imide groups is 1. The Morgan fingerprint density at radius 1 is 1.22 bits per heavy atom. The molecule has 0 bridgehead atoms. The van der Waals surface area contributed by atoms with Crippen molar-refractivity contribution in [3.63, 3.8) is 0 Å². The van der Waals surface area contributed by atoms with E-state index in [4.69, 9.17) is 16.3 Å². The van der Waals surface area contributed by atoms with Crippen molar-refractivity contribution in [3.8, 4) is 0 Å². The van der Waals surface area contributed by atoms with Gasteiger partial charge in [0, 0.05) is 19.6 Å². The number of amides is 3. The highest BCUT2D eigenvalue weighted by Crippen LogP contribution is 2.28. The monoisotopic (exact) mass is 417 g/mol. The first-order chi connectivity index (χ1) is 12.8. The van der Waals surface area contributed by atoms with Crippen LogP contribution in [0.5, 0.6) is 0 Å². The summed E-state index contributed by atoms with van der Waals surface area (Å²) in [5.74, 6) is -1.72. The fraction of sp³-hybridized carbons (Fsp3) is 0.438. The molecule has 2 rings (SSSR count). The molecule has 1 aliphatic rings. The molecule has 11 heteroatoms. The van der Waals surface area contributed by atoms with Gasteiger partial charge in [0.1, 0.15) is 4.90 Å². The molecule has 1 fully saturated rings. The van der Waals surface area contributed by atoms with Gasteiger partial charge in [-0.2, -0.15) is 4.31 Å². The van der Waals surface area contributed by atoms with E-state index in [2.05, 4.69) is 5.32 Å². The molecule has 1 aliphatic heterocycles. The quantitative estimate of drug-likeness (QED) is 0.669. The largest absolute Gasteiger partial charge is 0.452 e. The minimum atomic E-state index is -3.82. The van der Waals surface area contributed by atoms with Gasteiger partial charge in [-0.15, -0.1) is 0 Å². The minimum Gasteiger partial charge on any atom is -0.452 e. The molecule has 0 spiro atoms. The third-order valence-corrected chi connectivity index (χ3v) is 6.15. The Morgan fingerprint density at radius 3 is 2.52 bits per heavy atom. The van der Waals surface area contributed by atoms with Gasteiger partial charge in [0.15, 0.2) is 6.61 Å². The van der Waals surface area contributed by atoms with Crippen molar-refractivity contribution in [3.05, 3.63) is 28.8 Å². The van der Waals surface area contributed by atoms with Crippen LogP contribution in [0.1, 0.15) is 30.1 Å². The molecule has 0 saturated carbocycles. The Hall–Kier alpha value is -2.17. The lowest BCUT2D eigenvalue weighted by molar-refractivity contribution is -0.123. The highest BCUT2D eigenvalue weighted by Gasteiger charge is 2.30. The van der Waals surface area contributed by atoms with Gasteiger partial charge in [-0.3, -0.25) is 10.1 Å². The maximum atomic E-state index is 12.7. The maximum absolute atomic E-state index is 12.7. The van der Waals surface area contributed by atoms with Gasteiger partial charge in [0.2, 0.25) is 10.0 Å². The Bertz CT molecular complexity index is 837. The second-order valence-electron chi connectivity index (χ2n) is 5.74. The van der Waals surface area contributed by atoms with Crippen molar-refractivity contribution >= 4 is 39.5 Å². The molecule has 9 nitrogen and oxygen atoms in total. The second kappa shape index (κ2) is 9.16. The lowest BCUT2D eigenvalue weighted by Gasteiger charge is -2.17. The van der Waals surface area contributed by atoms with Crippen molar-refractivity contribution in [2.24, 2.45) is 0 Å².